The first-order valence-corrected chi connectivity index (χ1v) is 15.4. The van der Waals surface area contributed by atoms with Crippen molar-refractivity contribution in [1.82, 2.24) is 0 Å². The number of hydrogen-bond donors (Lipinski definition) is 3. The standard InChI is InChI=1S/C28H20N6O9S2.2Na/c35-24-14-20(45(41,42)43)12-16-11-19(44(38,39)40)13-21(25(16)24)31-33-23-15-22(32-29-17-7-3-1-4-8-17)27(36)26(28(23)37)34-30-18-9-5-2-6-10-18;;/h1-15,29-30,35H,(H,38,39,40)(H,41,42,43);;/q;2*+1/p-2/b32-22+,33-31?,34-26+;;. The van der Waals surface area contributed by atoms with Crippen molar-refractivity contribution in [3.8, 4) is 5.75 Å². The Morgan fingerprint density at radius 3 is 1.74 bits per heavy atom. The summed E-state index contributed by atoms with van der Waals surface area (Å²) >= 11 is 0. The fraction of sp³-hybridized carbons (Fsp3) is 0. The Morgan fingerprint density at radius 1 is 0.660 bits per heavy atom. The Morgan fingerprint density at radius 2 is 1.19 bits per heavy atom. The van der Waals surface area contributed by atoms with Gasteiger partial charge in [-0.15, -0.1) is 10.2 Å². The van der Waals surface area contributed by atoms with Gasteiger partial charge in [0.05, 0.1) is 26.9 Å². The summed E-state index contributed by atoms with van der Waals surface area (Å²) in [5.41, 5.74) is 3.28. The Kier molecular flexibility index (Phi) is 12.5. The van der Waals surface area contributed by atoms with Gasteiger partial charge in [-0.2, -0.15) is 18.6 Å². The number of hydrogen-bond acceptors (Lipinski definition) is 14. The Balaban J connectivity index is 0.00000300. The zero-order valence-corrected chi connectivity index (χ0v) is 30.1. The number of anilines is 2. The topological polar surface area (TPSA) is 242 Å². The molecule has 47 heavy (non-hydrogen) atoms. The molecule has 0 bridgehead atoms. The van der Waals surface area contributed by atoms with Gasteiger partial charge in [-0.3, -0.25) is 25.0 Å². The minimum Gasteiger partial charge on any atom is -0.872 e. The molecule has 0 aliphatic carbocycles. The normalized spacial score (nSPS) is 12.5. The van der Waals surface area contributed by atoms with Gasteiger partial charge in [-0.1, -0.05) is 42.1 Å². The molecule has 0 fully saturated rings. The second-order valence-corrected chi connectivity index (χ2v) is 12.0. The first kappa shape index (κ1) is 37.8. The van der Waals surface area contributed by atoms with Gasteiger partial charge in [0.2, 0.25) is 10.9 Å². The molecule has 5 aromatic rings. The van der Waals surface area contributed by atoms with E-state index in [0.29, 0.717) is 23.5 Å². The van der Waals surface area contributed by atoms with Gasteiger partial charge in [0, 0.05) is 11.5 Å². The van der Waals surface area contributed by atoms with Crippen molar-refractivity contribution in [3.63, 3.8) is 0 Å². The van der Waals surface area contributed by atoms with Gasteiger partial charge in [-0.05, 0) is 53.9 Å². The van der Waals surface area contributed by atoms with Gasteiger partial charge in [-0.25, -0.2) is 8.42 Å². The predicted molar refractivity (Wildman–Crippen MR) is 158 cm³/mol. The summed E-state index contributed by atoms with van der Waals surface area (Å²) in [7, 11) is -10.1. The average Bonchev–Trinajstić information content (AvgIpc) is 2.99. The second-order valence-electron chi connectivity index (χ2n) is 9.19. The first-order chi connectivity index (χ1) is 21.3. The van der Waals surface area contributed by atoms with Gasteiger partial charge in [0.25, 0.3) is 10.1 Å². The SMILES string of the molecule is O=c1c(N=Nc2cc(S(=O)(=O)[O-])cc3cc(S(=O)(=O)O)cc([O-])c23)c/c(=N\Nc2ccccc2)c(=O)/c1=N\Nc1ccccc1.[Na+].[Na+]. The summed E-state index contributed by atoms with van der Waals surface area (Å²) in [5, 5.41) is 26.8. The zero-order chi connectivity index (χ0) is 32.4. The molecule has 0 spiro atoms. The molecule has 3 N–H and O–H groups in total. The third-order valence-corrected chi connectivity index (χ3v) is 7.75. The van der Waals surface area contributed by atoms with Crippen molar-refractivity contribution in [2.24, 2.45) is 20.4 Å². The number of nitrogens with one attached hydrogen (secondary N) is 2. The maximum absolute atomic E-state index is 13.3. The van der Waals surface area contributed by atoms with Crippen LogP contribution >= 0.6 is 0 Å². The molecule has 0 saturated heterocycles. The number of benzene rings is 5. The van der Waals surface area contributed by atoms with Crippen LogP contribution in [0.2, 0.25) is 0 Å². The number of nitrogens with zero attached hydrogens (tertiary/aromatic N) is 4. The Bertz CT molecular complexity index is 2440. The van der Waals surface area contributed by atoms with E-state index in [2.05, 4.69) is 31.3 Å². The maximum atomic E-state index is 13.3. The Labute approximate surface area is 310 Å². The van der Waals surface area contributed by atoms with Crippen molar-refractivity contribution in [2.45, 2.75) is 9.79 Å². The van der Waals surface area contributed by atoms with E-state index in [1.165, 1.54) is 0 Å². The summed E-state index contributed by atoms with van der Waals surface area (Å²) in [6.45, 7) is 0. The van der Waals surface area contributed by atoms with Crippen molar-refractivity contribution in [1.29, 1.82) is 0 Å². The minimum atomic E-state index is -5.17. The van der Waals surface area contributed by atoms with Crippen LogP contribution in [0.3, 0.4) is 0 Å². The summed E-state index contributed by atoms with van der Waals surface area (Å²) in [6.07, 6.45) is 0. The van der Waals surface area contributed by atoms with E-state index in [-0.39, 0.29) is 75.2 Å². The molecule has 15 nitrogen and oxygen atoms in total. The molecule has 5 rings (SSSR count). The second kappa shape index (κ2) is 15.5. The third kappa shape index (κ3) is 9.05. The zero-order valence-electron chi connectivity index (χ0n) is 24.5. The van der Waals surface area contributed by atoms with E-state index in [4.69, 9.17) is 0 Å². The van der Waals surface area contributed by atoms with Gasteiger partial charge >= 0.3 is 59.1 Å². The minimum absolute atomic E-state index is 0. The molecule has 0 unspecified atom stereocenters. The van der Waals surface area contributed by atoms with E-state index in [0.717, 1.165) is 18.2 Å². The van der Waals surface area contributed by atoms with Crippen molar-refractivity contribution in [3.05, 3.63) is 122 Å². The fourth-order valence-electron chi connectivity index (χ4n) is 4.02. The molecular weight excluding hydrogens is 674 g/mol. The largest absolute Gasteiger partial charge is 1.00 e. The summed E-state index contributed by atoms with van der Waals surface area (Å²) in [6, 6.07) is 20.6. The van der Waals surface area contributed by atoms with E-state index >= 15 is 0 Å². The molecule has 0 aliphatic heterocycles. The summed E-state index contributed by atoms with van der Waals surface area (Å²) in [5.74, 6) is -1.02. The monoisotopic (exact) mass is 692 g/mol. The molecule has 0 radical (unpaired) electrons. The molecule has 5 aromatic carbocycles. The van der Waals surface area contributed by atoms with Crippen LogP contribution < -0.4 is 96.6 Å². The molecule has 0 aliphatic rings. The number of fused-ring (bicyclic) bond motifs is 1. The maximum Gasteiger partial charge on any atom is 1.00 e. The summed E-state index contributed by atoms with van der Waals surface area (Å²) in [4.78, 5) is 24.8. The van der Waals surface area contributed by atoms with Gasteiger partial charge in [0.1, 0.15) is 21.2 Å². The van der Waals surface area contributed by atoms with Crippen LogP contribution in [0, 0.1) is 0 Å². The third-order valence-electron chi connectivity index (χ3n) is 6.11. The van der Waals surface area contributed by atoms with E-state index in [9.17, 15) is 40.6 Å². The first-order valence-electron chi connectivity index (χ1n) is 12.5. The quantitative estimate of drug-likeness (QED) is 0.0612. The fourth-order valence-corrected chi connectivity index (χ4v) is 5.08. The molecular formula is C28H18N6Na2O9S2. The van der Waals surface area contributed by atoms with Gasteiger partial charge < -0.3 is 9.66 Å². The van der Waals surface area contributed by atoms with Crippen LogP contribution in [-0.4, -0.2) is 25.9 Å². The van der Waals surface area contributed by atoms with Crippen LogP contribution in [-0.2, 0) is 20.2 Å². The molecule has 0 amide bonds. The van der Waals surface area contributed by atoms with E-state index < -0.39 is 63.4 Å². The molecule has 0 aromatic heterocycles. The van der Waals surface area contributed by atoms with Crippen molar-refractivity contribution in [2.75, 3.05) is 10.9 Å². The Hall–Kier alpha value is -3.62. The van der Waals surface area contributed by atoms with Crippen LogP contribution in [0.25, 0.3) is 10.8 Å². The number of para-hydroxylation sites is 2. The number of azo groups is 1. The smallest absolute Gasteiger partial charge is 0.872 e. The molecule has 19 heteroatoms. The van der Waals surface area contributed by atoms with Crippen molar-refractivity contribution < 1.29 is 90.2 Å². The van der Waals surface area contributed by atoms with E-state index in [1.54, 1.807) is 60.7 Å². The molecule has 228 valence electrons. The number of rotatable bonds is 8. The van der Waals surface area contributed by atoms with Gasteiger partial charge in [0.15, 0.2) is 5.36 Å². The van der Waals surface area contributed by atoms with Crippen LogP contribution in [0.1, 0.15) is 0 Å². The van der Waals surface area contributed by atoms with Crippen LogP contribution in [0.4, 0.5) is 22.7 Å². The van der Waals surface area contributed by atoms with Crippen LogP contribution in [0.5, 0.6) is 5.75 Å². The predicted octanol–water partition coefficient (Wildman–Crippen LogP) is -4.06. The molecule has 0 atom stereocenters. The van der Waals surface area contributed by atoms with E-state index in [1.807, 2.05) is 0 Å². The van der Waals surface area contributed by atoms with Crippen LogP contribution in [0.15, 0.2) is 131 Å². The molecule has 0 saturated carbocycles. The average molecular weight is 693 g/mol. The molecule has 0 heterocycles. The van der Waals surface area contributed by atoms with Crippen molar-refractivity contribution >= 4 is 53.8 Å². The summed E-state index contributed by atoms with van der Waals surface area (Å²) < 4.78 is 68.1.